The van der Waals surface area contributed by atoms with Gasteiger partial charge in [0.1, 0.15) is 0 Å². The van der Waals surface area contributed by atoms with Crippen molar-refractivity contribution >= 4 is 45.3 Å². The van der Waals surface area contributed by atoms with E-state index >= 15 is 0 Å². The minimum absolute atomic E-state index is 0.813. The summed E-state index contributed by atoms with van der Waals surface area (Å²) in [5, 5.41) is 2.15. The Balaban J connectivity index is 1.51. The van der Waals surface area contributed by atoms with Gasteiger partial charge in [0, 0.05) is 21.5 Å². The lowest BCUT2D eigenvalue weighted by Crippen LogP contribution is -1.91. The molecule has 4 rings (SSSR count). The van der Waals surface area contributed by atoms with E-state index in [1.54, 1.807) is 11.8 Å². The third-order valence-electron chi connectivity index (χ3n) is 4.56. The maximum absolute atomic E-state index is 4.69. The molecule has 27 heavy (non-hydrogen) atoms. The predicted octanol–water partition coefficient (Wildman–Crippen LogP) is 6.77. The molecule has 0 aliphatic carbocycles. The maximum atomic E-state index is 4.69. The van der Waals surface area contributed by atoms with Crippen molar-refractivity contribution < 1.29 is 0 Å². The lowest BCUT2D eigenvalue weighted by molar-refractivity contribution is 0.957. The zero-order valence-corrected chi connectivity index (χ0v) is 17.0. The number of thioether (sulfide) groups is 1. The molecule has 0 unspecified atom stereocenters. The Morgan fingerprint density at radius 3 is 2.63 bits per heavy atom. The van der Waals surface area contributed by atoms with Crippen LogP contribution in [0, 0.1) is 13.8 Å². The zero-order valence-electron chi connectivity index (χ0n) is 15.3. The van der Waals surface area contributed by atoms with Gasteiger partial charge in [-0.15, -0.1) is 11.3 Å². The van der Waals surface area contributed by atoms with E-state index in [2.05, 4.69) is 84.5 Å². The first-order valence-corrected chi connectivity index (χ1v) is 10.7. The molecule has 0 saturated heterocycles. The van der Waals surface area contributed by atoms with Crippen LogP contribution in [0.15, 0.2) is 66.0 Å². The Kier molecular flexibility index (Phi) is 5.37. The Bertz CT molecular complexity index is 1110. The largest absolute Gasteiger partial charge is 0.231 e. The highest BCUT2D eigenvalue weighted by Crippen LogP contribution is 2.31. The van der Waals surface area contributed by atoms with E-state index in [-0.39, 0.29) is 0 Å². The number of benzene rings is 2. The van der Waals surface area contributed by atoms with Crippen molar-refractivity contribution in [3.8, 4) is 0 Å². The average molecular weight is 389 g/mol. The first-order chi connectivity index (χ1) is 13.2. The molecule has 2 nitrogen and oxygen atoms in total. The van der Waals surface area contributed by atoms with Gasteiger partial charge in [0.2, 0.25) is 0 Å². The molecule has 0 N–H and O–H groups in total. The van der Waals surface area contributed by atoms with Crippen LogP contribution < -0.4 is 0 Å². The first-order valence-electron chi connectivity index (χ1n) is 8.87. The first kappa shape index (κ1) is 18.0. The van der Waals surface area contributed by atoms with Crippen molar-refractivity contribution in [2.75, 3.05) is 0 Å². The van der Waals surface area contributed by atoms with Crippen LogP contribution in [0.3, 0.4) is 0 Å². The second kappa shape index (κ2) is 8.07. The number of aryl methyl sites for hydroxylation is 2. The minimum Gasteiger partial charge on any atom is -0.231 e. The predicted molar refractivity (Wildman–Crippen MR) is 118 cm³/mol. The molecular formula is C23H20N2S2. The van der Waals surface area contributed by atoms with Gasteiger partial charge in [0.15, 0.2) is 5.16 Å². The molecule has 0 fully saturated rings. The molecule has 0 bridgehead atoms. The maximum Gasteiger partial charge on any atom is 0.188 e. The highest BCUT2D eigenvalue weighted by atomic mass is 32.2. The highest BCUT2D eigenvalue weighted by Gasteiger charge is 2.06. The molecule has 2 aromatic carbocycles. The van der Waals surface area contributed by atoms with Crippen molar-refractivity contribution in [1.29, 1.82) is 0 Å². The van der Waals surface area contributed by atoms with Crippen LogP contribution in [0.4, 0.5) is 0 Å². The van der Waals surface area contributed by atoms with Crippen molar-refractivity contribution in [2.24, 2.45) is 0 Å². The summed E-state index contributed by atoms with van der Waals surface area (Å²) in [7, 11) is 0. The topological polar surface area (TPSA) is 25.8 Å². The van der Waals surface area contributed by atoms with E-state index in [9.17, 15) is 0 Å². The quantitative estimate of drug-likeness (QED) is 0.279. The van der Waals surface area contributed by atoms with Crippen LogP contribution in [0.25, 0.3) is 22.2 Å². The molecule has 0 amide bonds. The molecule has 0 spiro atoms. The van der Waals surface area contributed by atoms with Crippen molar-refractivity contribution in [1.82, 2.24) is 9.97 Å². The van der Waals surface area contributed by atoms with E-state index < -0.39 is 0 Å². The van der Waals surface area contributed by atoms with E-state index in [0.717, 1.165) is 16.6 Å². The molecule has 134 valence electrons. The van der Waals surface area contributed by atoms with Crippen molar-refractivity contribution in [3.05, 3.63) is 88.1 Å². The summed E-state index contributed by atoms with van der Waals surface area (Å²) in [6.45, 7) is 4.32. The Hall–Kier alpha value is -2.43. The molecule has 0 atom stereocenters. The second-order valence-corrected chi connectivity index (χ2v) is 8.43. The van der Waals surface area contributed by atoms with Gasteiger partial charge in [0.05, 0.1) is 5.69 Å². The van der Waals surface area contributed by atoms with Crippen LogP contribution in [0.2, 0.25) is 0 Å². The number of aromatic nitrogens is 2. The molecule has 4 aromatic rings. The van der Waals surface area contributed by atoms with Crippen LogP contribution >= 0.6 is 23.1 Å². The van der Waals surface area contributed by atoms with Crippen LogP contribution in [0.1, 0.15) is 27.3 Å². The Labute approximate surface area is 168 Å². The SMILES string of the molecule is Cc1ccccc1CSc1nccc(C=Cc2sc3ccccc3c2C)n1. The number of thiophene rings is 1. The van der Waals surface area contributed by atoms with Gasteiger partial charge in [-0.2, -0.15) is 0 Å². The Morgan fingerprint density at radius 1 is 0.963 bits per heavy atom. The lowest BCUT2D eigenvalue weighted by Gasteiger charge is -2.04. The fraction of sp³-hybridized carbons (Fsp3) is 0.130. The number of hydrogen-bond donors (Lipinski definition) is 0. The third-order valence-corrected chi connectivity index (χ3v) is 6.71. The van der Waals surface area contributed by atoms with Gasteiger partial charge in [0.25, 0.3) is 0 Å². The van der Waals surface area contributed by atoms with Crippen molar-refractivity contribution in [2.45, 2.75) is 24.8 Å². The van der Waals surface area contributed by atoms with Crippen LogP contribution in [0.5, 0.6) is 0 Å². The molecular weight excluding hydrogens is 368 g/mol. The van der Waals surface area contributed by atoms with E-state index in [4.69, 9.17) is 0 Å². The van der Waals surface area contributed by atoms with Gasteiger partial charge >= 0.3 is 0 Å². The number of rotatable bonds is 5. The van der Waals surface area contributed by atoms with Gasteiger partial charge in [-0.1, -0.05) is 54.2 Å². The third kappa shape index (κ3) is 4.12. The Morgan fingerprint density at radius 2 is 1.78 bits per heavy atom. The number of nitrogens with zero attached hydrogens (tertiary/aromatic N) is 2. The molecule has 0 radical (unpaired) electrons. The van der Waals surface area contributed by atoms with Gasteiger partial charge < -0.3 is 0 Å². The molecule has 0 aliphatic rings. The van der Waals surface area contributed by atoms with Gasteiger partial charge in [-0.3, -0.25) is 0 Å². The zero-order chi connectivity index (χ0) is 18.6. The van der Waals surface area contributed by atoms with E-state index in [1.807, 2.05) is 23.6 Å². The van der Waals surface area contributed by atoms with Gasteiger partial charge in [-0.05, 0) is 60.2 Å². The smallest absolute Gasteiger partial charge is 0.188 e. The molecule has 0 aliphatic heterocycles. The summed E-state index contributed by atoms with van der Waals surface area (Å²) in [6.07, 6.45) is 6.08. The second-order valence-electron chi connectivity index (χ2n) is 6.40. The van der Waals surface area contributed by atoms with Gasteiger partial charge in [-0.25, -0.2) is 9.97 Å². The minimum atomic E-state index is 0.813. The summed E-state index contributed by atoms with van der Waals surface area (Å²) in [6, 6.07) is 19.0. The summed E-state index contributed by atoms with van der Waals surface area (Å²) < 4.78 is 1.33. The molecule has 0 saturated carbocycles. The summed E-state index contributed by atoms with van der Waals surface area (Å²) >= 11 is 3.50. The van der Waals surface area contributed by atoms with Crippen molar-refractivity contribution in [3.63, 3.8) is 0 Å². The number of fused-ring (bicyclic) bond motifs is 1. The molecule has 4 heteroatoms. The summed E-state index contributed by atoms with van der Waals surface area (Å²) in [4.78, 5) is 10.4. The fourth-order valence-electron chi connectivity index (χ4n) is 2.94. The normalized spacial score (nSPS) is 11.5. The monoisotopic (exact) mass is 388 g/mol. The lowest BCUT2D eigenvalue weighted by atomic mass is 10.1. The molecule has 2 aromatic heterocycles. The standard InChI is InChI=1S/C23H20N2S2/c1-16-7-3-4-8-18(16)15-26-23-24-14-13-19(25-23)11-12-21-17(2)20-9-5-6-10-22(20)27-21/h3-14H,15H2,1-2H3. The van der Waals surface area contributed by atoms with E-state index in [1.165, 1.54) is 31.7 Å². The number of hydrogen-bond acceptors (Lipinski definition) is 4. The molecule has 2 heterocycles. The van der Waals surface area contributed by atoms with Crippen LogP contribution in [-0.4, -0.2) is 9.97 Å². The van der Waals surface area contributed by atoms with Crippen LogP contribution in [-0.2, 0) is 5.75 Å². The highest BCUT2D eigenvalue weighted by molar-refractivity contribution is 7.98. The summed E-state index contributed by atoms with van der Waals surface area (Å²) in [5.41, 5.74) is 4.90. The fourth-order valence-corrected chi connectivity index (χ4v) is 4.97. The average Bonchev–Trinajstić information content (AvgIpc) is 3.02. The van der Waals surface area contributed by atoms with E-state index in [0.29, 0.717) is 0 Å². The summed E-state index contributed by atoms with van der Waals surface area (Å²) in [5.74, 6) is 0.884.